The smallest absolute Gasteiger partial charge is 0.306 e. The van der Waals surface area contributed by atoms with E-state index in [9.17, 15) is 4.79 Å². The largest absolute Gasteiger partial charge is 0.489 e. The zero-order valence-corrected chi connectivity index (χ0v) is 22.3. The van der Waals surface area contributed by atoms with Crippen LogP contribution in [0, 0.1) is 5.92 Å². The van der Waals surface area contributed by atoms with Crippen molar-refractivity contribution in [3.8, 4) is 17.1 Å². The molecule has 1 saturated carbocycles. The molecule has 0 saturated heterocycles. The fourth-order valence-electron chi connectivity index (χ4n) is 5.39. The van der Waals surface area contributed by atoms with Crippen molar-refractivity contribution in [3.63, 3.8) is 0 Å². The summed E-state index contributed by atoms with van der Waals surface area (Å²) in [6.07, 6.45) is 6.98. The van der Waals surface area contributed by atoms with Gasteiger partial charge in [-0.2, -0.15) is 0 Å². The molecule has 2 aromatic carbocycles. The van der Waals surface area contributed by atoms with Gasteiger partial charge in [-0.05, 0) is 74.1 Å². The highest BCUT2D eigenvalue weighted by atomic mass is 35.5. The summed E-state index contributed by atoms with van der Waals surface area (Å²) in [4.78, 5) is 24.3. The van der Waals surface area contributed by atoms with Crippen molar-refractivity contribution in [1.29, 1.82) is 0 Å². The average molecular weight is 520 g/mol. The molecular weight excluding hydrogens is 486 g/mol. The van der Waals surface area contributed by atoms with E-state index >= 15 is 0 Å². The topological polar surface area (TPSA) is 64.5 Å². The Bertz CT molecular complexity index is 1230. The van der Waals surface area contributed by atoms with Gasteiger partial charge in [0.25, 0.3) is 0 Å². The van der Waals surface area contributed by atoms with Crippen molar-refractivity contribution in [2.75, 3.05) is 13.2 Å². The Kier molecular flexibility index (Phi) is 7.77. The molecule has 2 aliphatic rings. The first-order valence-electron chi connectivity index (χ1n) is 13.2. The number of carbonyl (C=O) groups is 1. The first-order chi connectivity index (χ1) is 17.9. The quantitative estimate of drug-likeness (QED) is 0.311. The minimum Gasteiger partial charge on any atom is -0.489 e. The second-order valence-corrected chi connectivity index (χ2v) is 10.8. The Balaban J connectivity index is 1.25. The highest BCUT2D eigenvalue weighted by Gasteiger charge is 2.46. The van der Waals surface area contributed by atoms with Crippen LogP contribution in [0.25, 0.3) is 11.4 Å². The first kappa shape index (κ1) is 25.7. The summed E-state index contributed by atoms with van der Waals surface area (Å²) in [5.41, 5.74) is 4.55. The molecule has 7 heteroatoms. The number of carbonyl (C=O) groups excluding carboxylic acids is 1. The zero-order chi connectivity index (χ0) is 25.8. The van der Waals surface area contributed by atoms with Gasteiger partial charge in [0.1, 0.15) is 12.4 Å². The van der Waals surface area contributed by atoms with Gasteiger partial charge >= 0.3 is 5.97 Å². The number of rotatable bonds is 9. The van der Waals surface area contributed by atoms with Crippen molar-refractivity contribution in [2.45, 2.75) is 64.6 Å². The van der Waals surface area contributed by atoms with E-state index in [1.54, 1.807) is 0 Å². The monoisotopic (exact) mass is 519 g/mol. The van der Waals surface area contributed by atoms with Crippen LogP contribution < -0.4 is 4.74 Å². The third-order valence-electron chi connectivity index (χ3n) is 7.55. The molecule has 2 heterocycles. The summed E-state index contributed by atoms with van der Waals surface area (Å²) in [5.74, 6) is 1.70. The minimum absolute atomic E-state index is 0.107. The van der Waals surface area contributed by atoms with Gasteiger partial charge in [-0.15, -0.1) is 0 Å². The Hall–Kier alpha value is -2.96. The van der Waals surface area contributed by atoms with Crippen LogP contribution in [-0.4, -0.2) is 39.5 Å². The molecule has 6 nitrogen and oxygen atoms in total. The number of hydrogen-bond acceptors (Lipinski definition) is 6. The molecule has 0 N–H and O–H groups in total. The molecule has 1 unspecified atom stereocenters. The van der Waals surface area contributed by atoms with E-state index in [4.69, 9.17) is 31.0 Å². The van der Waals surface area contributed by atoms with Crippen LogP contribution in [0.1, 0.15) is 56.4 Å². The molecule has 1 aliphatic heterocycles. The van der Waals surface area contributed by atoms with Crippen molar-refractivity contribution < 1.29 is 14.3 Å². The lowest BCUT2D eigenvalue weighted by molar-refractivity contribution is -0.144. The van der Waals surface area contributed by atoms with Crippen molar-refractivity contribution in [3.05, 3.63) is 76.6 Å². The number of halogens is 1. The molecule has 37 heavy (non-hydrogen) atoms. The van der Waals surface area contributed by atoms with Crippen LogP contribution in [0.5, 0.6) is 5.75 Å². The summed E-state index contributed by atoms with van der Waals surface area (Å²) in [5, 5.41) is 0.720. The number of aromatic nitrogens is 2. The number of fused-ring (bicyclic) bond motifs is 1. The maximum atomic E-state index is 12.0. The molecule has 1 fully saturated rings. The van der Waals surface area contributed by atoms with E-state index in [1.165, 1.54) is 24.8 Å². The SMILES string of the molecule is CCOC(=O)CC(C)CN1Cc2cnc(-c3ccc(OCc4ccc(Cl)cc4)cc3)nc2CC12CCC2. The lowest BCUT2D eigenvalue weighted by Gasteiger charge is -2.54. The Morgan fingerprint density at radius 1 is 1.14 bits per heavy atom. The number of esters is 1. The fraction of sp³-hybridized carbons (Fsp3) is 0.433. The predicted molar refractivity (Wildman–Crippen MR) is 144 cm³/mol. The van der Waals surface area contributed by atoms with Crippen LogP contribution in [0.3, 0.4) is 0 Å². The minimum atomic E-state index is -0.107. The van der Waals surface area contributed by atoms with Crippen molar-refractivity contribution >= 4 is 17.6 Å². The summed E-state index contributed by atoms with van der Waals surface area (Å²) in [6, 6.07) is 15.6. The molecule has 5 rings (SSSR count). The number of hydrogen-bond donors (Lipinski definition) is 0. The summed E-state index contributed by atoms with van der Waals surface area (Å²) < 4.78 is 11.1. The van der Waals surface area contributed by atoms with Crippen LogP contribution >= 0.6 is 11.6 Å². The summed E-state index contributed by atoms with van der Waals surface area (Å²) in [6.45, 7) is 6.64. The zero-order valence-electron chi connectivity index (χ0n) is 21.6. The standard InChI is InChI=1S/C30H34ClN3O3/c1-3-36-28(35)15-21(2)18-34-19-24-17-32-29(33-27(24)16-30(34)13-4-14-30)23-7-11-26(12-8-23)37-20-22-5-9-25(31)10-6-22/h5-12,17,21H,3-4,13-16,18-20H2,1-2H3. The molecular formula is C30H34ClN3O3. The van der Waals surface area contributed by atoms with Gasteiger partial charge < -0.3 is 9.47 Å². The number of nitrogens with zero attached hydrogens (tertiary/aromatic N) is 3. The van der Waals surface area contributed by atoms with E-state index < -0.39 is 0 Å². The number of benzene rings is 2. The molecule has 1 spiro atoms. The third-order valence-corrected chi connectivity index (χ3v) is 7.80. The average Bonchev–Trinajstić information content (AvgIpc) is 2.87. The lowest BCUT2D eigenvalue weighted by Crippen LogP contribution is -2.58. The maximum absolute atomic E-state index is 12.0. The normalized spacial score (nSPS) is 17.1. The van der Waals surface area contributed by atoms with Crippen LogP contribution in [0.15, 0.2) is 54.7 Å². The molecule has 0 bridgehead atoms. The molecule has 1 aromatic heterocycles. The maximum Gasteiger partial charge on any atom is 0.306 e. The second kappa shape index (κ2) is 11.2. The van der Waals surface area contributed by atoms with Crippen molar-refractivity contribution in [2.24, 2.45) is 5.92 Å². The summed E-state index contributed by atoms with van der Waals surface area (Å²) >= 11 is 5.96. The van der Waals surface area contributed by atoms with Gasteiger partial charge in [0, 0.05) is 53.8 Å². The van der Waals surface area contributed by atoms with E-state index in [1.807, 2.05) is 61.7 Å². The Labute approximate surface area is 224 Å². The van der Waals surface area contributed by atoms with Gasteiger partial charge in [-0.1, -0.05) is 30.7 Å². The molecule has 194 valence electrons. The predicted octanol–water partition coefficient (Wildman–Crippen LogP) is 6.25. The summed E-state index contributed by atoms with van der Waals surface area (Å²) in [7, 11) is 0. The van der Waals surface area contributed by atoms with E-state index in [2.05, 4.69) is 11.8 Å². The highest BCUT2D eigenvalue weighted by Crippen LogP contribution is 2.45. The van der Waals surface area contributed by atoms with Crippen LogP contribution in [-0.2, 0) is 29.1 Å². The highest BCUT2D eigenvalue weighted by molar-refractivity contribution is 6.30. The van der Waals surface area contributed by atoms with E-state index in [0.717, 1.165) is 52.9 Å². The molecule has 0 radical (unpaired) electrons. The van der Waals surface area contributed by atoms with Gasteiger partial charge in [0.2, 0.25) is 0 Å². The molecule has 0 amide bonds. The Morgan fingerprint density at radius 2 is 1.89 bits per heavy atom. The molecule has 3 aromatic rings. The second-order valence-electron chi connectivity index (χ2n) is 10.4. The third kappa shape index (κ3) is 5.97. The fourth-order valence-corrected chi connectivity index (χ4v) is 5.52. The van der Waals surface area contributed by atoms with E-state index in [0.29, 0.717) is 19.6 Å². The van der Waals surface area contributed by atoms with Crippen LogP contribution in [0.4, 0.5) is 0 Å². The lowest BCUT2D eigenvalue weighted by atomic mass is 9.69. The van der Waals surface area contributed by atoms with Crippen molar-refractivity contribution in [1.82, 2.24) is 14.9 Å². The van der Waals surface area contributed by atoms with Gasteiger partial charge in [-0.3, -0.25) is 9.69 Å². The van der Waals surface area contributed by atoms with Gasteiger partial charge in [0.05, 0.1) is 12.3 Å². The number of ether oxygens (including phenoxy) is 2. The molecule has 1 aliphatic carbocycles. The first-order valence-corrected chi connectivity index (χ1v) is 13.5. The molecule has 1 atom stereocenters. The van der Waals surface area contributed by atoms with Gasteiger partial charge in [-0.25, -0.2) is 9.97 Å². The van der Waals surface area contributed by atoms with E-state index in [-0.39, 0.29) is 17.4 Å². The Morgan fingerprint density at radius 3 is 2.57 bits per heavy atom. The van der Waals surface area contributed by atoms with Crippen LogP contribution in [0.2, 0.25) is 5.02 Å². The van der Waals surface area contributed by atoms with Gasteiger partial charge in [0.15, 0.2) is 5.82 Å².